The van der Waals surface area contributed by atoms with Crippen molar-refractivity contribution in [1.82, 2.24) is 14.9 Å². The fourth-order valence-electron chi connectivity index (χ4n) is 3.26. The number of halogens is 1. The van der Waals surface area contributed by atoms with E-state index in [1.54, 1.807) is 30.6 Å². The van der Waals surface area contributed by atoms with Gasteiger partial charge in [0, 0.05) is 30.6 Å². The van der Waals surface area contributed by atoms with Gasteiger partial charge in [0.15, 0.2) is 5.78 Å². The number of rotatable bonds is 6. The van der Waals surface area contributed by atoms with Crippen molar-refractivity contribution >= 4 is 17.4 Å². The average molecular weight is 410 g/mol. The lowest BCUT2D eigenvalue weighted by atomic mass is 9.97. The zero-order chi connectivity index (χ0) is 20.2. The van der Waals surface area contributed by atoms with Crippen LogP contribution < -0.4 is 15.6 Å². The Balaban J connectivity index is 1.42. The molecular weight excluding hydrogens is 390 g/mol. The summed E-state index contributed by atoms with van der Waals surface area (Å²) in [6, 6.07) is 12.3. The molecule has 0 bridgehead atoms. The number of pyridine rings is 2. The van der Waals surface area contributed by atoms with Crippen molar-refractivity contribution in [3.05, 3.63) is 92.6 Å². The molecule has 2 aromatic heterocycles. The lowest BCUT2D eigenvalue weighted by molar-refractivity contribution is 0.0970. The van der Waals surface area contributed by atoms with Crippen LogP contribution in [0.4, 0.5) is 0 Å². The molecule has 0 unspecified atom stereocenters. The maximum Gasteiger partial charge on any atom is 0.254 e. The van der Waals surface area contributed by atoms with Crippen LogP contribution in [0.15, 0.2) is 59.7 Å². The molecule has 1 aliphatic rings. The van der Waals surface area contributed by atoms with Gasteiger partial charge >= 0.3 is 0 Å². The minimum atomic E-state index is -0.292. The van der Waals surface area contributed by atoms with Crippen molar-refractivity contribution in [2.75, 3.05) is 6.54 Å². The van der Waals surface area contributed by atoms with Gasteiger partial charge in [0.25, 0.3) is 5.56 Å². The Morgan fingerprint density at radius 1 is 1.17 bits per heavy atom. The maximum absolute atomic E-state index is 12.6. The van der Waals surface area contributed by atoms with Crippen LogP contribution in [0.25, 0.3) is 0 Å². The number of nitrogens with one attached hydrogen (secondary N) is 1. The van der Waals surface area contributed by atoms with Crippen LogP contribution in [-0.2, 0) is 26.1 Å². The third kappa shape index (κ3) is 4.72. The van der Waals surface area contributed by atoms with Crippen LogP contribution in [0.2, 0.25) is 5.02 Å². The molecule has 3 heterocycles. The van der Waals surface area contributed by atoms with Crippen molar-refractivity contribution in [2.45, 2.75) is 26.1 Å². The molecule has 7 heteroatoms. The number of ketones is 1. The number of nitrogens with zero attached hydrogens (tertiary/aromatic N) is 2. The van der Waals surface area contributed by atoms with Gasteiger partial charge in [-0.2, -0.15) is 0 Å². The first-order valence-corrected chi connectivity index (χ1v) is 9.76. The van der Waals surface area contributed by atoms with Crippen LogP contribution in [0.1, 0.15) is 27.2 Å². The van der Waals surface area contributed by atoms with Crippen LogP contribution in [0.5, 0.6) is 5.75 Å². The highest BCUT2D eigenvalue weighted by molar-refractivity contribution is 6.30. The molecule has 0 radical (unpaired) electrons. The molecule has 0 amide bonds. The Kier molecular flexibility index (Phi) is 5.74. The molecule has 1 N–H and O–H groups in total. The molecule has 1 aromatic carbocycles. The Hall–Kier alpha value is -2.96. The van der Waals surface area contributed by atoms with E-state index < -0.39 is 0 Å². The first-order valence-electron chi connectivity index (χ1n) is 9.38. The van der Waals surface area contributed by atoms with E-state index in [9.17, 15) is 9.59 Å². The van der Waals surface area contributed by atoms with Crippen LogP contribution in [0, 0.1) is 0 Å². The largest absolute Gasteiger partial charge is 0.487 e. The minimum Gasteiger partial charge on any atom is -0.487 e. The van der Waals surface area contributed by atoms with E-state index in [0.717, 1.165) is 25.1 Å². The Morgan fingerprint density at radius 3 is 2.86 bits per heavy atom. The molecule has 0 aliphatic carbocycles. The highest BCUT2D eigenvalue weighted by Gasteiger charge is 2.13. The van der Waals surface area contributed by atoms with E-state index in [1.165, 1.54) is 16.2 Å². The summed E-state index contributed by atoms with van der Waals surface area (Å²) < 4.78 is 6.99. The van der Waals surface area contributed by atoms with Crippen LogP contribution in [-0.4, -0.2) is 21.9 Å². The minimum absolute atomic E-state index is 0.00985. The smallest absolute Gasteiger partial charge is 0.254 e. The van der Waals surface area contributed by atoms with Gasteiger partial charge in [0.05, 0.1) is 17.3 Å². The second-order valence-electron chi connectivity index (χ2n) is 6.92. The van der Waals surface area contributed by atoms with Gasteiger partial charge in [-0.25, -0.2) is 0 Å². The SMILES string of the molecule is O=C(Cn1ccc(OCc2ccc(Cl)cn2)cc1=O)c1ccc2c(c1)CNCC2. The molecule has 0 saturated heterocycles. The third-order valence-corrected chi connectivity index (χ3v) is 5.10. The number of Topliss-reactive ketones (excluding diaryl/α,β-unsaturated/α-hetero) is 1. The van der Waals surface area contributed by atoms with E-state index in [4.69, 9.17) is 16.3 Å². The lowest BCUT2D eigenvalue weighted by Gasteiger charge is -2.17. The molecule has 3 aromatic rings. The van der Waals surface area contributed by atoms with Gasteiger partial charge in [-0.15, -0.1) is 0 Å². The normalized spacial score (nSPS) is 13.0. The predicted octanol–water partition coefficient (Wildman–Crippen LogP) is 3.00. The van der Waals surface area contributed by atoms with Gasteiger partial charge < -0.3 is 14.6 Å². The van der Waals surface area contributed by atoms with E-state index >= 15 is 0 Å². The quantitative estimate of drug-likeness (QED) is 0.633. The zero-order valence-corrected chi connectivity index (χ0v) is 16.5. The number of carbonyl (C=O) groups excluding carboxylic acids is 1. The van der Waals surface area contributed by atoms with E-state index in [-0.39, 0.29) is 24.5 Å². The van der Waals surface area contributed by atoms with Crippen molar-refractivity contribution in [3.63, 3.8) is 0 Å². The second-order valence-corrected chi connectivity index (χ2v) is 7.35. The van der Waals surface area contributed by atoms with Gasteiger partial charge in [-0.3, -0.25) is 14.6 Å². The number of hydrogen-bond donors (Lipinski definition) is 1. The number of aromatic nitrogens is 2. The van der Waals surface area contributed by atoms with Gasteiger partial charge in [0.2, 0.25) is 0 Å². The fraction of sp³-hybridized carbons (Fsp3) is 0.227. The van der Waals surface area contributed by atoms with Crippen LogP contribution >= 0.6 is 11.6 Å². The van der Waals surface area contributed by atoms with Crippen molar-refractivity contribution in [1.29, 1.82) is 0 Å². The van der Waals surface area contributed by atoms with Crippen LogP contribution in [0.3, 0.4) is 0 Å². The number of carbonyl (C=O) groups is 1. The van der Waals surface area contributed by atoms with E-state index in [2.05, 4.69) is 10.3 Å². The number of ether oxygens (including phenoxy) is 1. The highest BCUT2D eigenvalue weighted by atomic mass is 35.5. The van der Waals surface area contributed by atoms with Gasteiger partial charge in [-0.1, -0.05) is 23.7 Å². The molecule has 0 atom stereocenters. The maximum atomic E-state index is 12.6. The molecular formula is C22H20ClN3O3. The number of fused-ring (bicyclic) bond motifs is 1. The molecule has 0 saturated carbocycles. The molecule has 6 nitrogen and oxygen atoms in total. The predicted molar refractivity (Wildman–Crippen MR) is 110 cm³/mol. The Bertz CT molecular complexity index is 1090. The summed E-state index contributed by atoms with van der Waals surface area (Å²) in [7, 11) is 0. The number of hydrogen-bond acceptors (Lipinski definition) is 5. The summed E-state index contributed by atoms with van der Waals surface area (Å²) in [5.41, 5.74) is 3.45. The molecule has 0 spiro atoms. The first-order chi connectivity index (χ1) is 14.1. The standard InChI is InChI=1S/C22H20ClN3O3/c23-18-3-4-19(25-12-18)14-29-20-6-8-26(22(28)10-20)13-21(27)16-2-1-15-5-7-24-11-17(15)9-16/h1-4,6,8-10,12,24H,5,7,11,13-14H2. The fourth-order valence-corrected chi connectivity index (χ4v) is 3.37. The van der Waals surface area contributed by atoms with E-state index in [1.807, 2.05) is 18.2 Å². The summed E-state index contributed by atoms with van der Waals surface area (Å²) in [5.74, 6) is 0.329. The van der Waals surface area contributed by atoms with Crippen molar-refractivity contribution in [3.8, 4) is 5.75 Å². The Labute approximate surface area is 173 Å². The van der Waals surface area contributed by atoms with Gasteiger partial charge in [-0.05, 0) is 48.4 Å². The van der Waals surface area contributed by atoms with Crippen molar-refractivity contribution in [2.24, 2.45) is 0 Å². The molecule has 4 rings (SSSR count). The second kappa shape index (κ2) is 8.59. The van der Waals surface area contributed by atoms with E-state index in [0.29, 0.717) is 22.0 Å². The summed E-state index contributed by atoms with van der Waals surface area (Å²) in [6.07, 6.45) is 4.09. The molecule has 0 fully saturated rings. The van der Waals surface area contributed by atoms with Crippen molar-refractivity contribution < 1.29 is 9.53 Å². The summed E-state index contributed by atoms with van der Waals surface area (Å²) >= 11 is 5.81. The summed E-state index contributed by atoms with van der Waals surface area (Å²) in [6.45, 7) is 1.94. The molecule has 148 valence electrons. The summed E-state index contributed by atoms with van der Waals surface area (Å²) in [5, 5.41) is 3.86. The molecule has 1 aliphatic heterocycles. The lowest BCUT2D eigenvalue weighted by Crippen LogP contribution is -2.25. The molecule has 29 heavy (non-hydrogen) atoms. The Morgan fingerprint density at radius 2 is 2.07 bits per heavy atom. The first kappa shape index (κ1) is 19.4. The monoisotopic (exact) mass is 409 g/mol. The summed E-state index contributed by atoms with van der Waals surface area (Å²) in [4.78, 5) is 29.2. The van der Waals surface area contributed by atoms with Gasteiger partial charge in [0.1, 0.15) is 12.4 Å². The highest BCUT2D eigenvalue weighted by Crippen LogP contribution is 2.17. The third-order valence-electron chi connectivity index (χ3n) is 4.87. The zero-order valence-electron chi connectivity index (χ0n) is 15.7. The average Bonchev–Trinajstić information content (AvgIpc) is 2.74. The topological polar surface area (TPSA) is 73.2 Å². The number of benzene rings is 1.